The van der Waals surface area contributed by atoms with Gasteiger partial charge in [-0.2, -0.15) is 5.48 Å². The van der Waals surface area contributed by atoms with Crippen LogP contribution in [0.3, 0.4) is 0 Å². The summed E-state index contributed by atoms with van der Waals surface area (Å²) in [7, 11) is 0. The van der Waals surface area contributed by atoms with Gasteiger partial charge in [-0.15, -0.1) is 0 Å². The van der Waals surface area contributed by atoms with E-state index in [-0.39, 0.29) is 18.1 Å². The fourth-order valence-electron chi connectivity index (χ4n) is 5.76. The van der Waals surface area contributed by atoms with Gasteiger partial charge in [0.2, 0.25) is 5.91 Å². The summed E-state index contributed by atoms with van der Waals surface area (Å²) in [6.45, 7) is 6.26. The van der Waals surface area contributed by atoms with Crippen molar-refractivity contribution in [2.75, 3.05) is 13.1 Å². The molecule has 4 fully saturated rings. The van der Waals surface area contributed by atoms with Crippen LogP contribution in [0.15, 0.2) is 0 Å². The predicted molar refractivity (Wildman–Crippen MR) is 101 cm³/mol. The zero-order valence-corrected chi connectivity index (χ0v) is 16.3. The second-order valence-electron chi connectivity index (χ2n) is 9.04. The number of carbonyl (C=O) groups is 1. The largest absolute Gasteiger partial charge is 0.353 e. The average Bonchev–Trinajstić information content (AvgIpc) is 3.29. The molecule has 2 aliphatic carbocycles. The number of piperidine rings is 1. The molecule has 0 spiro atoms. The number of fused-ring (bicyclic) bond motifs is 1. The van der Waals surface area contributed by atoms with Gasteiger partial charge in [-0.05, 0) is 75.2 Å². The number of hydrogen-bond donors (Lipinski definition) is 4. The number of carbonyl (C=O) groups excluding carboxylic acids is 1. The molecule has 0 aromatic heterocycles. The van der Waals surface area contributed by atoms with Gasteiger partial charge in [-0.1, -0.05) is 13.8 Å². The summed E-state index contributed by atoms with van der Waals surface area (Å²) >= 11 is 0. The molecule has 6 nitrogen and oxygen atoms in total. The Morgan fingerprint density at radius 3 is 2.77 bits per heavy atom. The number of hydroxylamine groups is 1. The van der Waals surface area contributed by atoms with Gasteiger partial charge < -0.3 is 10.6 Å². The van der Waals surface area contributed by atoms with Crippen LogP contribution >= 0.6 is 0 Å². The van der Waals surface area contributed by atoms with Crippen LogP contribution in [-0.4, -0.2) is 37.4 Å². The van der Waals surface area contributed by atoms with Gasteiger partial charge >= 0.3 is 0 Å². The summed E-state index contributed by atoms with van der Waals surface area (Å²) < 4.78 is 0. The molecule has 2 saturated heterocycles. The van der Waals surface area contributed by atoms with E-state index < -0.39 is 0 Å². The van der Waals surface area contributed by atoms with E-state index in [1.54, 1.807) is 0 Å². The molecule has 148 valence electrons. The minimum atomic E-state index is 0.147. The van der Waals surface area contributed by atoms with Crippen molar-refractivity contribution < 1.29 is 9.63 Å². The number of hydrogen-bond acceptors (Lipinski definition) is 5. The topological polar surface area (TPSA) is 74.4 Å². The highest BCUT2D eigenvalue weighted by atomic mass is 16.7. The normalized spacial score (nSPS) is 46.1. The van der Waals surface area contributed by atoms with Crippen molar-refractivity contribution in [3.8, 4) is 0 Å². The molecule has 1 amide bonds. The van der Waals surface area contributed by atoms with Crippen LogP contribution in [0.2, 0.25) is 0 Å². The van der Waals surface area contributed by atoms with Crippen molar-refractivity contribution in [2.24, 2.45) is 29.6 Å². The van der Waals surface area contributed by atoms with E-state index in [1.807, 2.05) is 0 Å². The maximum Gasteiger partial charge on any atom is 0.224 e. The van der Waals surface area contributed by atoms with Gasteiger partial charge in [0.05, 0.1) is 12.1 Å². The first kappa shape index (κ1) is 18.7. The van der Waals surface area contributed by atoms with Crippen LogP contribution in [0.25, 0.3) is 0 Å². The Bertz CT molecular complexity index is 502. The van der Waals surface area contributed by atoms with Crippen LogP contribution in [0, 0.1) is 29.6 Å². The predicted octanol–water partition coefficient (Wildman–Crippen LogP) is 1.73. The molecule has 26 heavy (non-hydrogen) atoms. The van der Waals surface area contributed by atoms with Crippen LogP contribution < -0.4 is 21.4 Å². The fourth-order valence-corrected chi connectivity index (χ4v) is 5.76. The molecule has 8 atom stereocenters. The first-order valence-corrected chi connectivity index (χ1v) is 10.8. The van der Waals surface area contributed by atoms with E-state index in [0.29, 0.717) is 30.0 Å². The number of nitrogens with one attached hydrogen (secondary N) is 4. The Morgan fingerprint density at radius 1 is 1.15 bits per heavy atom. The van der Waals surface area contributed by atoms with Gasteiger partial charge in [0.25, 0.3) is 0 Å². The maximum atomic E-state index is 12.8. The van der Waals surface area contributed by atoms with Crippen molar-refractivity contribution in [3.05, 3.63) is 0 Å². The van der Waals surface area contributed by atoms with Crippen LogP contribution in [-0.2, 0) is 9.63 Å². The van der Waals surface area contributed by atoms with Crippen LogP contribution in [0.1, 0.15) is 58.8 Å². The highest BCUT2D eigenvalue weighted by Crippen LogP contribution is 2.45. The standard InChI is InChI=1S/C20H36N4O2/c1-3-18-23-19(24-26-18)14-4-6-15-13(10-14)5-7-17(15)22-20(25)16-11-21-9-8-12(16)2/h12-19,21,23-24H,3-11H2,1-2H3,(H,22,25)/t12?,13?,14?,15?,16?,17-,18?,19?/m1/s1. The highest BCUT2D eigenvalue weighted by molar-refractivity contribution is 5.79. The Kier molecular flexibility index (Phi) is 5.84. The van der Waals surface area contributed by atoms with E-state index in [2.05, 4.69) is 35.3 Å². The minimum absolute atomic E-state index is 0.147. The summed E-state index contributed by atoms with van der Waals surface area (Å²) in [5.41, 5.74) is 3.21. The fraction of sp³-hybridized carbons (Fsp3) is 0.950. The smallest absolute Gasteiger partial charge is 0.224 e. The lowest BCUT2D eigenvalue weighted by molar-refractivity contribution is -0.128. The van der Waals surface area contributed by atoms with Crippen molar-refractivity contribution in [1.29, 1.82) is 0 Å². The lowest BCUT2D eigenvalue weighted by atomic mass is 9.73. The third kappa shape index (κ3) is 3.79. The van der Waals surface area contributed by atoms with Crippen molar-refractivity contribution in [3.63, 3.8) is 0 Å². The second-order valence-corrected chi connectivity index (χ2v) is 9.04. The molecule has 0 aromatic carbocycles. The summed E-state index contributed by atoms with van der Waals surface area (Å²) in [4.78, 5) is 18.4. The molecule has 4 rings (SSSR count). The van der Waals surface area contributed by atoms with E-state index in [1.165, 1.54) is 25.7 Å². The zero-order chi connectivity index (χ0) is 18.1. The zero-order valence-electron chi connectivity index (χ0n) is 16.3. The minimum Gasteiger partial charge on any atom is -0.353 e. The van der Waals surface area contributed by atoms with Crippen LogP contribution in [0.4, 0.5) is 0 Å². The molecular weight excluding hydrogens is 328 g/mol. The van der Waals surface area contributed by atoms with Gasteiger partial charge in [0, 0.05) is 12.6 Å². The third-order valence-electron chi connectivity index (χ3n) is 7.48. The number of rotatable bonds is 4. The molecule has 0 aromatic rings. The first-order valence-electron chi connectivity index (χ1n) is 10.8. The lowest BCUT2D eigenvalue weighted by Crippen LogP contribution is -2.49. The second kappa shape index (κ2) is 8.13. The summed E-state index contributed by atoms with van der Waals surface area (Å²) in [6.07, 6.45) is 8.67. The molecule has 2 aliphatic heterocycles. The summed E-state index contributed by atoms with van der Waals surface area (Å²) in [6, 6.07) is 0.395. The Labute approximate surface area is 157 Å². The number of amides is 1. The average molecular weight is 365 g/mol. The molecule has 4 aliphatic rings. The molecule has 0 radical (unpaired) electrons. The maximum absolute atomic E-state index is 12.8. The van der Waals surface area contributed by atoms with Gasteiger partial charge in [-0.25, -0.2) is 0 Å². The molecule has 2 saturated carbocycles. The Morgan fingerprint density at radius 2 is 2.00 bits per heavy atom. The van der Waals surface area contributed by atoms with E-state index in [9.17, 15) is 4.79 Å². The monoisotopic (exact) mass is 364 g/mol. The Hall–Kier alpha value is -0.690. The third-order valence-corrected chi connectivity index (χ3v) is 7.48. The molecular formula is C20H36N4O2. The molecule has 6 heteroatoms. The summed E-state index contributed by atoms with van der Waals surface area (Å²) in [5, 5.41) is 10.4. The molecule has 0 bridgehead atoms. The van der Waals surface area contributed by atoms with Crippen molar-refractivity contribution in [2.45, 2.75) is 77.2 Å². The van der Waals surface area contributed by atoms with Crippen molar-refractivity contribution in [1.82, 2.24) is 21.4 Å². The summed E-state index contributed by atoms with van der Waals surface area (Å²) in [5.74, 6) is 3.00. The first-order chi connectivity index (χ1) is 12.7. The Balaban J connectivity index is 1.29. The van der Waals surface area contributed by atoms with E-state index >= 15 is 0 Å². The lowest BCUT2D eigenvalue weighted by Gasteiger charge is -2.37. The van der Waals surface area contributed by atoms with E-state index in [0.717, 1.165) is 38.3 Å². The molecule has 4 N–H and O–H groups in total. The quantitative estimate of drug-likeness (QED) is 0.611. The van der Waals surface area contributed by atoms with Gasteiger partial charge in [0.1, 0.15) is 6.23 Å². The molecule has 7 unspecified atom stereocenters. The molecule has 2 heterocycles. The van der Waals surface area contributed by atoms with E-state index in [4.69, 9.17) is 4.84 Å². The van der Waals surface area contributed by atoms with Gasteiger partial charge in [0.15, 0.2) is 0 Å². The van der Waals surface area contributed by atoms with Gasteiger partial charge in [-0.3, -0.25) is 14.9 Å². The highest BCUT2D eigenvalue weighted by Gasteiger charge is 2.44. The van der Waals surface area contributed by atoms with Crippen molar-refractivity contribution >= 4 is 5.91 Å². The SMILES string of the molecule is CCC1NC(C2CCC3C(CC[C@H]3NC(=O)C3CNCCC3C)C2)NO1. The van der Waals surface area contributed by atoms with Crippen LogP contribution in [0.5, 0.6) is 0 Å².